The van der Waals surface area contributed by atoms with Gasteiger partial charge in [0.1, 0.15) is 5.60 Å². The number of amides is 1. The number of ether oxygens (including phenoxy) is 1. The van der Waals surface area contributed by atoms with Gasteiger partial charge in [0.15, 0.2) is 0 Å². The highest BCUT2D eigenvalue weighted by atomic mass is 16.6. The van der Waals surface area contributed by atoms with Gasteiger partial charge < -0.3 is 20.5 Å². The molecule has 1 saturated carbocycles. The number of aryl methyl sites for hydroxylation is 1. The average molecular weight is 362 g/mol. The predicted molar refractivity (Wildman–Crippen MR) is 102 cm³/mol. The molecule has 1 amide bonds. The fourth-order valence-corrected chi connectivity index (χ4v) is 3.27. The molecule has 1 aliphatic rings. The van der Waals surface area contributed by atoms with Crippen LogP contribution in [0.25, 0.3) is 0 Å². The van der Waals surface area contributed by atoms with Gasteiger partial charge in [-0.05, 0) is 70.6 Å². The summed E-state index contributed by atoms with van der Waals surface area (Å²) in [5.74, 6) is -0.893. The van der Waals surface area contributed by atoms with Gasteiger partial charge in [-0.1, -0.05) is 13.0 Å². The van der Waals surface area contributed by atoms with Crippen molar-refractivity contribution >= 4 is 17.7 Å². The molecular weight excluding hydrogens is 332 g/mol. The number of anilines is 1. The van der Waals surface area contributed by atoms with Gasteiger partial charge in [0.2, 0.25) is 0 Å². The maximum atomic E-state index is 11.9. The molecule has 2 rings (SSSR count). The average Bonchev–Trinajstić information content (AvgIpc) is 2.54. The van der Waals surface area contributed by atoms with Crippen molar-refractivity contribution in [3.05, 3.63) is 29.3 Å². The summed E-state index contributed by atoms with van der Waals surface area (Å²) in [6.45, 7) is 7.50. The fourth-order valence-electron chi connectivity index (χ4n) is 3.27. The normalized spacial score (nSPS) is 20.3. The fraction of sp³-hybridized carbons (Fsp3) is 0.600. The Kier molecular flexibility index (Phi) is 6.51. The standard InChI is InChI=1S/C20H30N2O4/c1-5-13-6-7-16(12-17(13)18(23)24)21-14-8-10-15(11-9-14)22-19(25)26-20(2,3)4/h6-7,12,14-15,21H,5,8-11H2,1-4H3,(H,22,25)(H,23,24). The molecule has 144 valence electrons. The number of carbonyl (C=O) groups excluding carboxylic acids is 1. The minimum Gasteiger partial charge on any atom is -0.478 e. The van der Waals surface area contributed by atoms with Crippen LogP contribution in [0.2, 0.25) is 0 Å². The summed E-state index contributed by atoms with van der Waals surface area (Å²) in [6, 6.07) is 5.94. The zero-order chi connectivity index (χ0) is 19.3. The van der Waals surface area contributed by atoms with Gasteiger partial charge in [-0.3, -0.25) is 0 Å². The molecule has 0 saturated heterocycles. The van der Waals surface area contributed by atoms with Crippen LogP contribution in [0.1, 0.15) is 69.3 Å². The molecule has 0 radical (unpaired) electrons. The van der Waals surface area contributed by atoms with E-state index in [0.29, 0.717) is 12.0 Å². The SMILES string of the molecule is CCc1ccc(NC2CCC(NC(=O)OC(C)(C)C)CC2)cc1C(=O)O. The number of rotatable bonds is 5. The Hall–Kier alpha value is -2.24. The molecule has 0 heterocycles. The molecule has 1 aliphatic carbocycles. The van der Waals surface area contributed by atoms with Crippen molar-refractivity contribution in [1.82, 2.24) is 5.32 Å². The molecule has 3 N–H and O–H groups in total. The Labute approximate surface area is 155 Å². The molecule has 0 spiro atoms. The van der Waals surface area contributed by atoms with E-state index in [1.807, 2.05) is 39.8 Å². The molecule has 0 aromatic heterocycles. The van der Waals surface area contributed by atoms with E-state index in [2.05, 4.69) is 10.6 Å². The number of carbonyl (C=O) groups is 2. The third kappa shape index (κ3) is 5.93. The minimum atomic E-state index is -0.893. The number of carboxylic acids is 1. The number of hydrogen-bond acceptors (Lipinski definition) is 4. The summed E-state index contributed by atoms with van der Waals surface area (Å²) < 4.78 is 5.30. The van der Waals surface area contributed by atoms with Crippen LogP contribution < -0.4 is 10.6 Å². The molecule has 0 aliphatic heterocycles. The van der Waals surface area contributed by atoms with Gasteiger partial charge in [-0.25, -0.2) is 9.59 Å². The van der Waals surface area contributed by atoms with E-state index < -0.39 is 11.6 Å². The molecule has 6 nitrogen and oxygen atoms in total. The lowest BCUT2D eigenvalue weighted by Gasteiger charge is -2.31. The second kappa shape index (κ2) is 8.43. The van der Waals surface area contributed by atoms with E-state index in [4.69, 9.17) is 4.74 Å². The van der Waals surface area contributed by atoms with Crippen molar-refractivity contribution in [2.24, 2.45) is 0 Å². The van der Waals surface area contributed by atoms with E-state index in [-0.39, 0.29) is 18.2 Å². The first kappa shape index (κ1) is 20.1. The van der Waals surface area contributed by atoms with Gasteiger partial charge >= 0.3 is 12.1 Å². The van der Waals surface area contributed by atoms with Crippen LogP contribution in [0.5, 0.6) is 0 Å². The highest BCUT2D eigenvalue weighted by Crippen LogP contribution is 2.24. The molecule has 1 fully saturated rings. The van der Waals surface area contributed by atoms with Crippen molar-refractivity contribution in [3.8, 4) is 0 Å². The van der Waals surface area contributed by atoms with Gasteiger partial charge in [0.25, 0.3) is 0 Å². The van der Waals surface area contributed by atoms with Crippen LogP contribution in [0.15, 0.2) is 18.2 Å². The minimum absolute atomic E-state index is 0.125. The predicted octanol–water partition coefficient (Wildman–Crippen LogP) is 4.20. The molecule has 26 heavy (non-hydrogen) atoms. The van der Waals surface area contributed by atoms with Crippen LogP contribution in [0.3, 0.4) is 0 Å². The topological polar surface area (TPSA) is 87.7 Å². The van der Waals surface area contributed by atoms with Crippen LogP contribution in [0.4, 0.5) is 10.5 Å². The summed E-state index contributed by atoms with van der Waals surface area (Å²) >= 11 is 0. The second-order valence-corrected chi connectivity index (χ2v) is 7.87. The Morgan fingerprint density at radius 3 is 2.31 bits per heavy atom. The van der Waals surface area contributed by atoms with E-state index >= 15 is 0 Å². The second-order valence-electron chi connectivity index (χ2n) is 7.87. The maximum Gasteiger partial charge on any atom is 0.407 e. The third-order valence-electron chi connectivity index (χ3n) is 4.54. The molecule has 1 aromatic rings. The largest absolute Gasteiger partial charge is 0.478 e. The first-order valence-electron chi connectivity index (χ1n) is 9.30. The zero-order valence-electron chi connectivity index (χ0n) is 16.1. The van der Waals surface area contributed by atoms with Crippen molar-refractivity contribution in [1.29, 1.82) is 0 Å². The lowest BCUT2D eigenvalue weighted by molar-refractivity contribution is 0.0491. The van der Waals surface area contributed by atoms with E-state index in [1.54, 1.807) is 6.07 Å². The van der Waals surface area contributed by atoms with Crippen molar-refractivity contribution < 1.29 is 19.4 Å². The first-order valence-corrected chi connectivity index (χ1v) is 9.30. The van der Waals surface area contributed by atoms with Crippen molar-refractivity contribution in [3.63, 3.8) is 0 Å². The molecule has 0 unspecified atom stereocenters. The Morgan fingerprint density at radius 1 is 1.15 bits per heavy atom. The van der Waals surface area contributed by atoms with Gasteiger partial charge in [-0.15, -0.1) is 0 Å². The summed E-state index contributed by atoms with van der Waals surface area (Å²) in [7, 11) is 0. The number of nitrogens with one attached hydrogen (secondary N) is 2. The number of hydrogen-bond donors (Lipinski definition) is 3. The number of carboxylic acid groups (broad SMARTS) is 1. The third-order valence-corrected chi connectivity index (χ3v) is 4.54. The summed E-state index contributed by atoms with van der Waals surface area (Å²) in [5.41, 5.74) is 1.55. The van der Waals surface area contributed by atoms with E-state index in [0.717, 1.165) is 36.9 Å². The Balaban J connectivity index is 1.86. The lowest BCUT2D eigenvalue weighted by atomic mass is 9.91. The van der Waals surface area contributed by atoms with Crippen molar-refractivity contribution in [2.75, 3.05) is 5.32 Å². The molecule has 6 heteroatoms. The highest BCUT2D eigenvalue weighted by molar-refractivity contribution is 5.90. The van der Waals surface area contributed by atoms with Gasteiger partial charge in [0, 0.05) is 17.8 Å². The quantitative estimate of drug-likeness (QED) is 0.731. The maximum absolute atomic E-state index is 11.9. The van der Waals surface area contributed by atoms with Gasteiger partial charge in [0.05, 0.1) is 5.56 Å². The van der Waals surface area contributed by atoms with Crippen LogP contribution >= 0.6 is 0 Å². The number of benzene rings is 1. The molecular formula is C20H30N2O4. The van der Waals surface area contributed by atoms with Crippen LogP contribution in [0, 0.1) is 0 Å². The van der Waals surface area contributed by atoms with Gasteiger partial charge in [-0.2, -0.15) is 0 Å². The number of alkyl carbamates (subject to hydrolysis) is 1. The monoisotopic (exact) mass is 362 g/mol. The smallest absolute Gasteiger partial charge is 0.407 e. The summed E-state index contributed by atoms with van der Waals surface area (Å²) in [4.78, 5) is 23.2. The molecule has 0 bridgehead atoms. The Bertz CT molecular complexity index is 644. The van der Waals surface area contributed by atoms with E-state index in [9.17, 15) is 14.7 Å². The first-order chi connectivity index (χ1) is 12.2. The van der Waals surface area contributed by atoms with E-state index in [1.165, 1.54) is 0 Å². The summed E-state index contributed by atoms with van der Waals surface area (Å²) in [6.07, 6.45) is 3.90. The van der Waals surface area contributed by atoms with Crippen molar-refractivity contribution in [2.45, 2.75) is 77.5 Å². The lowest BCUT2D eigenvalue weighted by Crippen LogP contribution is -2.42. The zero-order valence-corrected chi connectivity index (χ0v) is 16.1. The van der Waals surface area contributed by atoms with Crippen LogP contribution in [-0.4, -0.2) is 34.9 Å². The molecule has 0 atom stereocenters. The number of aromatic carboxylic acids is 1. The Morgan fingerprint density at radius 2 is 1.77 bits per heavy atom. The highest BCUT2D eigenvalue weighted by Gasteiger charge is 2.25. The van der Waals surface area contributed by atoms with Crippen LogP contribution in [-0.2, 0) is 11.2 Å². The summed E-state index contributed by atoms with van der Waals surface area (Å²) in [5, 5.41) is 15.7. The molecule has 1 aromatic carbocycles.